The summed E-state index contributed by atoms with van der Waals surface area (Å²) in [5.41, 5.74) is 1.09. The second kappa shape index (κ2) is 8.06. The van der Waals surface area contributed by atoms with Gasteiger partial charge < -0.3 is 15.4 Å². The molecular weight excluding hydrogens is 433 g/mol. The van der Waals surface area contributed by atoms with E-state index in [1.807, 2.05) is 0 Å². The van der Waals surface area contributed by atoms with Crippen LogP contribution in [0.5, 0.6) is 5.75 Å². The van der Waals surface area contributed by atoms with Crippen LogP contribution < -0.4 is 15.4 Å². The van der Waals surface area contributed by atoms with Gasteiger partial charge in [-0.15, -0.1) is 13.2 Å². The van der Waals surface area contributed by atoms with Crippen LogP contribution in [0.25, 0.3) is 0 Å². The van der Waals surface area contributed by atoms with E-state index in [1.54, 1.807) is 6.07 Å². The third-order valence-corrected chi connectivity index (χ3v) is 7.07. The van der Waals surface area contributed by atoms with E-state index in [0.29, 0.717) is 40.5 Å². The molecule has 2 atom stereocenters. The van der Waals surface area contributed by atoms with Crippen molar-refractivity contribution in [3.05, 3.63) is 41.6 Å². The molecule has 0 amide bonds. The van der Waals surface area contributed by atoms with Crippen LogP contribution in [0.3, 0.4) is 0 Å². The zero-order chi connectivity index (χ0) is 23.2. The SMILES string of the molecule is CC12CC3CC(CNc4nc(NCc5ccccc5OC(F)(F)F)ncc4C#N)CC(C1)N32. The summed E-state index contributed by atoms with van der Waals surface area (Å²) >= 11 is 0. The molecule has 1 aromatic carbocycles. The van der Waals surface area contributed by atoms with Gasteiger partial charge in [-0.3, -0.25) is 4.90 Å². The fraction of sp³-hybridized carbons (Fsp3) is 0.522. The van der Waals surface area contributed by atoms with Crippen molar-refractivity contribution in [2.75, 3.05) is 17.2 Å². The van der Waals surface area contributed by atoms with Crippen LogP contribution in [-0.2, 0) is 6.54 Å². The molecule has 4 heterocycles. The van der Waals surface area contributed by atoms with Gasteiger partial charge in [-0.2, -0.15) is 10.2 Å². The number of benzene rings is 1. The van der Waals surface area contributed by atoms with Crippen molar-refractivity contribution in [3.8, 4) is 11.8 Å². The van der Waals surface area contributed by atoms with Gasteiger partial charge in [-0.05, 0) is 44.6 Å². The molecule has 0 spiro atoms. The summed E-state index contributed by atoms with van der Waals surface area (Å²) in [6, 6.07) is 9.35. The second-order valence-electron chi connectivity index (χ2n) is 9.42. The standard InChI is InChI=1S/C23H25F3N6O/c1-22-8-17-6-14(7-18(9-22)32(17)22)11-28-20-16(10-27)13-30-21(31-20)29-12-15-4-2-3-5-19(15)33-23(24,25)26/h2-5,13-14,17-18H,6-9,11-12H2,1H3,(H2,28,29,30,31). The molecule has 0 bridgehead atoms. The maximum atomic E-state index is 12.6. The van der Waals surface area contributed by atoms with Crippen molar-refractivity contribution < 1.29 is 17.9 Å². The minimum Gasteiger partial charge on any atom is -0.405 e. The summed E-state index contributed by atoms with van der Waals surface area (Å²) in [6.07, 6.45) is 1.48. The van der Waals surface area contributed by atoms with Gasteiger partial charge in [-0.1, -0.05) is 18.2 Å². The first-order valence-corrected chi connectivity index (χ1v) is 11.1. The van der Waals surface area contributed by atoms with Crippen molar-refractivity contribution in [1.29, 1.82) is 5.26 Å². The van der Waals surface area contributed by atoms with Crippen LogP contribution in [0.4, 0.5) is 24.9 Å². The molecule has 0 saturated carbocycles. The minimum absolute atomic E-state index is 0.0399. The lowest BCUT2D eigenvalue weighted by Crippen LogP contribution is -2.79. The second-order valence-corrected chi connectivity index (χ2v) is 9.42. The van der Waals surface area contributed by atoms with Crippen molar-refractivity contribution >= 4 is 11.8 Å². The number of halogens is 3. The van der Waals surface area contributed by atoms with E-state index in [9.17, 15) is 18.4 Å². The Labute approximate surface area is 190 Å². The number of hydrogen-bond donors (Lipinski definition) is 2. The molecule has 10 heteroatoms. The smallest absolute Gasteiger partial charge is 0.405 e. The molecule has 0 radical (unpaired) electrons. The van der Waals surface area contributed by atoms with E-state index in [1.165, 1.54) is 37.2 Å². The Balaban J connectivity index is 1.22. The number of para-hydroxylation sites is 1. The first-order valence-electron chi connectivity index (χ1n) is 11.1. The zero-order valence-corrected chi connectivity index (χ0v) is 18.2. The molecular formula is C23H25F3N6O. The number of alkyl halides is 3. The molecule has 7 nitrogen and oxygen atoms in total. The number of rotatable bonds is 7. The fourth-order valence-electron chi connectivity index (χ4n) is 5.86. The zero-order valence-electron chi connectivity index (χ0n) is 18.2. The quantitative estimate of drug-likeness (QED) is 0.640. The van der Waals surface area contributed by atoms with E-state index < -0.39 is 6.36 Å². The number of nitrogens with one attached hydrogen (secondary N) is 2. The molecule has 33 heavy (non-hydrogen) atoms. The Morgan fingerprint density at radius 1 is 1.21 bits per heavy atom. The Morgan fingerprint density at radius 3 is 2.61 bits per heavy atom. The van der Waals surface area contributed by atoms with Gasteiger partial charge in [-0.25, -0.2) is 4.98 Å². The highest BCUT2D eigenvalue weighted by molar-refractivity contribution is 5.53. The maximum Gasteiger partial charge on any atom is 0.573 e. The first-order chi connectivity index (χ1) is 15.7. The van der Waals surface area contributed by atoms with Gasteiger partial charge in [0.1, 0.15) is 23.2 Å². The first kappa shape index (κ1) is 21.8. The molecule has 2 unspecified atom stereocenters. The summed E-state index contributed by atoms with van der Waals surface area (Å²) < 4.78 is 42.0. The average molecular weight is 458 g/mol. The van der Waals surface area contributed by atoms with Crippen LogP contribution in [0, 0.1) is 17.2 Å². The van der Waals surface area contributed by atoms with Crippen LogP contribution in [0.2, 0.25) is 0 Å². The number of nitrogens with zero attached hydrogens (tertiary/aromatic N) is 4. The topological polar surface area (TPSA) is 86.1 Å². The normalized spacial score (nSPS) is 28.0. The number of piperidine rings is 2. The number of hydrogen-bond acceptors (Lipinski definition) is 7. The van der Waals surface area contributed by atoms with Crippen LogP contribution in [0.15, 0.2) is 30.5 Å². The lowest BCUT2D eigenvalue weighted by molar-refractivity contribution is -0.274. The fourth-order valence-corrected chi connectivity index (χ4v) is 5.86. The number of ether oxygens (including phenoxy) is 1. The lowest BCUT2D eigenvalue weighted by Gasteiger charge is -2.72. The molecule has 3 aliphatic rings. The predicted octanol–water partition coefficient (Wildman–Crippen LogP) is 4.29. The van der Waals surface area contributed by atoms with Crippen molar-refractivity contribution in [1.82, 2.24) is 14.9 Å². The van der Waals surface area contributed by atoms with Crippen LogP contribution in [-0.4, -0.2) is 45.4 Å². The van der Waals surface area contributed by atoms with Crippen molar-refractivity contribution in [2.45, 2.75) is 63.1 Å². The molecule has 2 N–H and O–H groups in total. The Morgan fingerprint density at radius 2 is 1.94 bits per heavy atom. The van der Waals surface area contributed by atoms with E-state index in [-0.39, 0.29) is 18.2 Å². The third-order valence-electron chi connectivity index (χ3n) is 7.07. The largest absolute Gasteiger partial charge is 0.573 e. The molecule has 174 valence electrons. The summed E-state index contributed by atoms with van der Waals surface area (Å²) in [5.74, 6) is 0.899. The van der Waals surface area contributed by atoms with Crippen LogP contribution >= 0.6 is 0 Å². The molecule has 3 saturated heterocycles. The highest BCUT2D eigenvalue weighted by Crippen LogP contribution is 2.57. The van der Waals surface area contributed by atoms with Gasteiger partial charge in [0, 0.05) is 36.3 Å². The summed E-state index contributed by atoms with van der Waals surface area (Å²) in [6.45, 7) is 3.12. The van der Waals surface area contributed by atoms with E-state index >= 15 is 0 Å². The van der Waals surface area contributed by atoms with Crippen molar-refractivity contribution in [2.24, 2.45) is 5.92 Å². The van der Waals surface area contributed by atoms with Gasteiger partial charge in [0.15, 0.2) is 0 Å². The third kappa shape index (κ3) is 4.29. The maximum absolute atomic E-state index is 12.6. The Kier molecular flexibility index (Phi) is 5.32. The van der Waals surface area contributed by atoms with Crippen LogP contribution in [0.1, 0.15) is 43.7 Å². The number of aromatic nitrogens is 2. The van der Waals surface area contributed by atoms with E-state index in [0.717, 1.165) is 19.4 Å². The molecule has 5 rings (SSSR count). The molecule has 0 aliphatic carbocycles. The highest BCUT2D eigenvalue weighted by Gasteiger charge is 2.62. The molecule has 3 aliphatic heterocycles. The van der Waals surface area contributed by atoms with Gasteiger partial charge >= 0.3 is 6.36 Å². The van der Waals surface area contributed by atoms with Gasteiger partial charge in [0.2, 0.25) is 5.95 Å². The van der Waals surface area contributed by atoms with Gasteiger partial charge in [0.05, 0.1) is 6.20 Å². The summed E-state index contributed by atoms with van der Waals surface area (Å²) in [4.78, 5) is 11.2. The minimum atomic E-state index is -4.77. The van der Waals surface area contributed by atoms with E-state index in [4.69, 9.17) is 0 Å². The number of anilines is 2. The number of nitriles is 1. The van der Waals surface area contributed by atoms with E-state index in [2.05, 4.69) is 43.2 Å². The molecule has 2 aromatic rings. The van der Waals surface area contributed by atoms with Crippen molar-refractivity contribution in [3.63, 3.8) is 0 Å². The average Bonchev–Trinajstić information content (AvgIpc) is 2.74. The highest BCUT2D eigenvalue weighted by atomic mass is 19.4. The predicted molar refractivity (Wildman–Crippen MR) is 115 cm³/mol. The Hall–Kier alpha value is -3.06. The summed E-state index contributed by atoms with van der Waals surface area (Å²) in [7, 11) is 0. The summed E-state index contributed by atoms with van der Waals surface area (Å²) in [5, 5.41) is 15.7. The Bertz CT molecular complexity index is 1070. The molecule has 1 aromatic heterocycles. The lowest BCUT2D eigenvalue weighted by atomic mass is 9.59. The molecule has 3 fully saturated rings. The van der Waals surface area contributed by atoms with Gasteiger partial charge in [0.25, 0.3) is 0 Å². The monoisotopic (exact) mass is 458 g/mol.